The topological polar surface area (TPSA) is 21.3 Å². The molecule has 5 heteroatoms. The van der Waals surface area contributed by atoms with Gasteiger partial charge < -0.3 is 10.1 Å². The molecular weight excluding hydrogens is 267 g/mol. The van der Waals surface area contributed by atoms with Crippen LogP contribution in [0.15, 0.2) is 0 Å². The molecule has 1 saturated heterocycles. The Balaban J connectivity index is 1.61. The minimum atomic E-state index is -4.03. The van der Waals surface area contributed by atoms with Gasteiger partial charge in [0.25, 0.3) is 0 Å². The average molecular weight is 291 g/mol. The van der Waals surface area contributed by atoms with Gasteiger partial charge in [0.2, 0.25) is 0 Å². The summed E-state index contributed by atoms with van der Waals surface area (Å²) in [5.41, 5.74) is 0.0480. The summed E-state index contributed by atoms with van der Waals surface area (Å²) in [5, 5.41) is 3.54. The first-order valence-corrected chi connectivity index (χ1v) is 7.74. The van der Waals surface area contributed by atoms with Crippen molar-refractivity contribution in [3.05, 3.63) is 0 Å². The van der Waals surface area contributed by atoms with Crippen LogP contribution in [-0.4, -0.2) is 31.0 Å². The van der Waals surface area contributed by atoms with Gasteiger partial charge in [0, 0.05) is 30.0 Å². The molecule has 3 aliphatic rings. The summed E-state index contributed by atoms with van der Waals surface area (Å²) in [6, 6.07) is 0.327. The summed E-state index contributed by atoms with van der Waals surface area (Å²) >= 11 is 0. The molecule has 2 aliphatic carbocycles. The summed E-state index contributed by atoms with van der Waals surface area (Å²) < 4.78 is 44.3. The van der Waals surface area contributed by atoms with E-state index in [2.05, 4.69) is 19.2 Å². The number of ether oxygens (including phenoxy) is 1. The zero-order valence-electron chi connectivity index (χ0n) is 12.2. The second-order valence-electron chi connectivity index (χ2n) is 7.31. The molecule has 0 radical (unpaired) electrons. The third-order valence-electron chi connectivity index (χ3n) is 5.65. The maximum Gasteiger partial charge on any atom is 0.391 e. The lowest BCUT2D eigenvalue weighted by atomic mass is 9.57. The maximum absolute atomic E-state index is 12.9. The van der Waals surface area contributed by atoms with Crippen LogP contribution in [0.2, 0.25) is 0 Å². The summed E-state index contributed by atoms with van der Waals surface area (Å²) in [6.45, 7) is 5.13. The highest BCUT2D eigenvalue weighted by molar-refractivity contribution is 5.12. The normalized spacial score (nSPS) is 44.0. The van der Waals surface area contributed by atoms with E-state index in [0.29, 0.717) is 30.9 Å². The molecule has 3 rings (SSSR count). The van der Waals surface area contributed by atoms with Crippen molar-refractivity contribution in [1.29, 1.82) is 0 Å². The molecule has 1 aliphatic heterocycles. The third kappa shape index (κ3) is 2.37. The molecule has 0 bridgehead atoms. The van der Waals surface area contributed by atoms with Crippen molar-refractivity contribution < 1.29 is 17.9 Å². The van der Waals surface area contributed by atoms with Gasteiger partial charge in [-0.1, -0.05) is 20.3 Å². The molecule has 5 atom stereocenters. The average Bonchev–Trinajstić information content (AvgIpc) is 2.82. The van der Waals surface area contributed by atoms with Crippen LogP contribution < -0.4 is 5.32 Å². The number of hydrogen-bond donors (Lipinski definition) is 1. The Morgan fingerprint density at radius 2 is 1.90 bits per heavy atom. The van der Waals surface area contributed by atoms with E-state index >= 15 is 0 Å². The molecule has 116 valence electrons. The van der Waals surface area contributed by atoms with E-state index in [9.17, 15) is 13.2 Å². The molecule has 0 aromatic heterocycles. The highest BCUT2D eigenvalue weighted by Crippen LogP contribution is 2.52. The lowest BCUT2D eigenvalue weighted by Gasteiger charge is -2.56. The Kier molecular flexibility index (Phi) is 3.57. The minimum Gasteiger partial charge on any atom is -0.377 e. The van der Waals surface area contributed by atoms with Gasteiger partial charge in [-0.2, -0.15) is 13.2 Å². The zero-order chi connectivity index (χ0) is 14.5. The van der Waals surface area contributed by atoms with Gasteiger partial charge >= 0.3 is 6.18 Å². The second kappa shape index (κ2) is 4.87. The lowest BCUT2D eigenvalue weighted by Crippen LogP contribution is -2.67. The highest BCUT2D eigenvalue weighted by Gasteiger charge is 2.59. The Labute approximate surface area is 118 Å². The van der Waals surface area contributed by atoms with Gasteiger partial charge in [-0.3, -0.25) is 0 Å². The fourth-order valence-electron chi connectivity index (χ4n) is 4.55. The SMILES string of the molecule is CC1(C)C(NC2CCCC(C(F)(F)F)C2)C2CCOC21. The Morgan fingerprint density at radius 3 is 2.60 bits per heavy atom. The first-order chi connectivity index (χ1) is 9.30. The van der Waals surface area contributed by atoms with Gasteiger partial charge in [0.15, 0.2) is 0 Å². The van der Waals surface area contributed by atoms with Crippen LogP contribution in [0.25, 0.3) is 0 Å². The molecule has 5 unspecified atom stereocenters. The Bertz CT molecular complexity index is 369. The standard InChI is InChI=1S/C15H24F3NO/c1-14(2)12(11-6-7-20-13(11)14)19-10-5-3-4-9(8-10)15(16,17)18/h9-13,19H,3-8H2,1-2H3. The van der Waals surface area contributed by atoms with E-state index in [-0.39, 0.29) is 17.9 Å². The van der Waals surface area contributed by atoms with E-state index < -0.39 is 12.1 Å². The fraction of sp³-hybridized carbons (Fsp3) is 1.00. The molecule has 0 aromatic rings. The number of halogens is 3. The van der Waals surface area contributed by atoms with Crippen LogP contribution in [0.1, 0.15) is 46.0 Å². The van der Waals surface area contributed by atoms with Crippen LogP contribution >= 0.6 is 0 Å². The molecule has 0 amide bonds. The van der Waals surface area contributed by atoms with Crippen LogP contribution in [0.5, 0.6) is 0 Å². The second-order valence-corrected chi connectivity index (χ2v) is 7.31. The van der Waals surface area contributed by atoms with Gasteiger partial charge in [0.1, 0.15) is 0 Å². The largest absolute Gasteiger partial charge is 0.391 e. The van der Waals surface area contributed by atoms with Crippen molar-refractivity contribution in [2.45, 2.75) is 70.3 Å². The number of alkyl halides is 3. The third-order valence-corrected chi connectivity index (χ3v) is 5.65. The van der Waals surface area contributed by atoms with E-state index in [1.807, 2.05) is 0 Å². The van der Waals surface area contributed by atoms with Crippen LogP contribution in [-0.2, 0) is 4.74 Å². The van der Waals surface area contributed by atoms with Crippen molar-refractivity contribution >= 4 is 0 Å². The number of nitrogens with one attached hydrogen (secondary N) is 1. The zero-order valence-corrected chi connectivity index (χ0v) is 12.2. The number of rotatable bonds is 2. The lowest BCUT2D eigenvalue weighted by molar-refractivity contribution is -0.185. The van der Waals surface area contributed by atoms with Crippen LogP contribution in [0.4, 0.5) is 13.2 Å². The summed E-state index contributed by atoms with van der Waals surface area (Å²) in [6.07, 6.45) is -0.603. The highest BCUT2D eigenvalue weighted by atomic mass is 19.4. The molecule has 0 spiro atoms. The van der Waals surface area contributed by atoms with E-state index in [1.54, 1.807) is 0 Å². The first kappa shape index (κ1) is 14.6. The van der Waals surface area contributed by atoms with Crippen LogP contribution in [0.3, 0.4) is 0 Å². The molecule has 1 N–H and O–H groups in total. The van der Waals surface area contributed by atoms with E-state index in [0.717, 1.165) is 19.4 Å². The Hall–Kier alpha value is -0.290. The number of fused-ring (bicyclic) bond motifs is 1. The Morgan fingerprint density at radius 1 is 1.15 bits per heavy atom. The van der Waals surface area contributed by atoms with Gasteiger partial charge in [-0.25, -0.2) is 0 Å². The van der Waals surface area contributed by atoms with Crippen molar-refractivity contribution in [3.63, 3.8) is 0 Å². The maximum atomic E-state index is 12.9. The molecular formula is C15H24F3NO. The summed E-state index contributed by atoms with van der Waals surface area (Å²) in [7, 11) is 0. The van der Waals surface area contributed by atoms with E-state index in [1.165, 1.54) is 0 Å². The minimum absolute atomic E-state index is 0.0150. The van der Waals surface area contributed by atoms with Gasteiger partial charge in [0.05, 0.1) is 12.0 Å². The molecule has 3 fully saturated rings. The predicted molar refractivity (Wildman–Crippen MR) is 70.4 cm³/mol. The molecule has 2 saturated carbocycles. The van der Waals surface area contributed by atoms with Crippen molar-refractivity contribution in [2.24, 2.45) is 17.3 Å². The fourth-order valence-corrected chi connectivity index (χ4v) is 4.55. The molecule has 2 nitrogen and oxygen atoms in total. The molecule has 20 heavy (non-hydrogen) atoms. The van der Waals surface area contributed by atoms with E-state index in [4.69, 9.17) is 4.74 Å². The predicted octanol–water partition coefficient (Wildman–Crippen LogP) is 3.51. The summed E-state index contributed by atoms with van der Waals surface area (Å²) in [4.78, 5) is 0. The first-order valence-electron chi connectivity index (χ1n) is 7.74. The summed E-state index contributed by atoms with van der Waals surface area (Å²) in [5.74, 6) is -0.621. The van der Waals surface area contributed by atoms with Crippen LogP contribution in [0, 0.1) is 17.3 Å². The molecule has 1 heterocycles. The van der Waals surface area contributed by atoms with Gasteiger partial charge in [-0.05, 0) is 25.7 Å². The van der Waals surface area contributed by atoms with Crippen molar-refractivity contribution in [3.8, 4) is 0 Å². The monoisotopic (exact) mass is 291 g/mol. The quantitative estimate of drug-likeness (QED) is 0.840. The van der Waals surface area contributed by atoms with Gasteiger partial charge in [-0.15, -0.1) is 0 Å². The van der Waals surface area contributed by atoms with Crippen molar-refractivity contribution in [1.82, 2.24) is 5.32 Å². The molecule has 0 aromatic carbocycles. The van der Waals surface area contributed by atoms with Crippen molar-refractivity contribution in [2.75, 3.05) is 6.61 Å². The smallest absolute Gasteiger partial charge is 0.377 e. The number of hydrogen-bond acceptors (Lipinski definition) is 2.